The van der Waals surface area contributed by atoms with E-state index in [1.165, 1.54) is 24.4 Å². The van der Waals surface area contributed by atoms with Crippen molar-refractivity contribution in [2.24, 2.45) is 11.8 Å². The average molecular weight is 210 g/mol. The molecule has 0 bridgehead atoms. The van der Waals surface area contributed by atoms with Gasteiger partial charge in [0.2, 0.25) is 0 Å². The number of carbonyl (C=O) groups is 1. The van der Waals surface area contributed by atoms with Gasteiger partial charge in [-0.1, -0.05) is 24.3 Å². The molecule has 1 heterocycles. The summed E-state index contributed by atoms with van der Waals surface area (Å²) in [6.07, 6.45) is 4.40. The minimum atomic E-state index is 0.200. The highest BCUT2D eigenvalue weighted by Crippen LogP contribution is 2.30. The molecule has 1 aromatic rings. The molecule has 2 rings (SSSR count). The molecule has 1 fully saturated rings. The molecular formula is C10H14N2OS. The summed E-state index contributed by atoms with van der Waals surface area (Å²) in [4.78, 5) is 11.9. The molecule has 0 aliphatic heterocycles. The largest absolute Gasteiger partial charge is 0.292 e. The lowest BCUT2D eigenvalue weighted by Crippen LogP contribution is -2.21. The van der Waals surface area contributed by atoms with E-state index in [0.29, 0.717) is 5.69 Å². The zero-order valence-corrected chi connectivity index (χ0v) is 9.09. The molecule has 0 unspecified atom stereocenters. The van der Waals surface area contributed by atoms with Gasteiger partial charge in [-0.3, -0.25) is 4.79 Å². The van der Waals surface area contributed by atoms with Gasteiger partial charge in [0, 0.05) is 11.3 Å². The molecule has 14 heavy (non-hydrogen) atoms. The van der Waals surface area contributed by atoms with E-state index in [1.54, 1.807) is 5.38 Å². The molecule has 0 amide bonds. The molecule has 0 aromatic carbocycles. The number of aromatic nitrogens is 2. The SMILES string of the molecule is CC1CCC(C(=O)c2csnn2)CC1. The summed E-state index contributed by atoms with van der Waals surface area (Å²) in [5.74, 6) is 1.19. The average Bonchev–Trinajstić information content (AvgIpc) is 2.71. The summed E-state index contributed by atoms with van der Waals surface area (Å²) in [6.45, 7) is 2.26. The highest BCUT2D eigenvalue weighted by atomic mass is 32.1. The zero-order chi connectivity index (χ0) is 9.97. The Labute approximate surface area is 87.7 Å². The molecule has 0 atom stereocenters. The van der Waals surface area contributed by atoms with E-state index in [-0.39, 0.29) is 11.7 Å². The van der Waals surface area contributed by atoms with Crippen molar-refractivity contribution in [3.63, 3.8) is 0 Å². The van der Waals surface area contributed by atoms with Gasteiger partial charge in [-0.05, 0) is 30.3 Å². The molecule has 1 aliphatic carbocycles. The second-order valence-corrected chi connectivity index (χ2v) is 4.72. The van der Waals surface area contributed by atoms with E-state index < -0.39 is 0 Å². The van der Waals surface area contributed by atoms with Gasteiger partial charge < -0.3 is 0 Å². The van der Waals surface area contributed by atoms with Crippen LogP contribution in [0.1, 0.15) is 43.1 Å². The standard InChI is InChI=1S/C10H14N2OS/c1-7-2-4-8(5-3-7)10(13)9-6-14-12-11-9/h6-8H,2-5H2,1H3. The topological polar surface area (TPSA) is 42.9 Å². The van der Waals surface area contributed by atoms with Crippen LogP contribution in [0.3, 0.4) is 0 Å². The van der Waals surface area contributed by atoms with Crippen LogP contribution in [0, 0.1) is 11.8 Å². The number of Topliss-reactive ketones (excluding diaryl/α,β-unsaturated/α-hetero) is 1. The first-order valence-electron chi connectivity index (χ1n) is 5.08. The summed E-state index contributed by atoms with van der Waals surface area (Å²) in [6, 6.07) is 0. The smallest absolute Gasteiger partial charge is 0.187 e. The molecule has 0 saturated heterocycles. The third-order valence-electron chi connectivity index (χ3n) is 3.00. The van der Waals surface area contributed by atoms with Crippen LogP contribution in [0.4, 0.5) is 0 Å². The third kappa shape index (κ3) is 2.00. The Morgan fingerprint density at radius 2 is 2.14 bits per heavy atom. The summed E-state index contributed by atoms with van der Waals surface area (Å²) < 4.78 is 3.72. The predicted octanol–water partition coefficient (Wildman–Crippen LogP) is 2.55. The number of hydrogen-bond acceptors (Lipinski definition) is 4. The van der Waals surface area contributed by atoms with Crippen LogP contribution in [-0.4, -0.2) is 15.4 Å². The molecule has 76 valence electrons. The minimum absolute atomic E-state index is 0.200. The summed E-state index contributed by atoms with van der Waals surface area (Å²) in [5.41, 5.74) is 0.564. The normalized spacial score (nSPS) is 27.5. The Morgan fingerprint density at radius 3 is 2.71 bits per heavy atom. The molecule has 4 heteroatoms. The van der Waals surface area contributed by atoms with Crippen LogP contribution in [0.25, 0.3) is 0 Å². The lowest BCUT2D eigenvalue weighted by atomic mass is 9.80. The van der Waals surface area contributed by atoms with Gasteiger partial charge in [0.25, 0.3) is 0 Å². The lowest BCUT2D eigenvalue weighted by Gasteiger charge is -2.24. The van der Waals surface area contributed by atoms with E-state index in [0.717, 1.165) is 18.8 Å². The van der Waals surface area contributed by atoms with Crippen molar-refractivity contribution in [1.29, 1.82) is 0 Å². The van der Waals surface area contributed by atoms with E-state index >= 15 is 0 Å². The number of carbonyl (C=O) groups excluding carboxylic acids is 1. The Kier molecular flexibility index (Phi) is 2.91. The van der Waals surface area contributed by atoms with Crippen molar-refractivity contribution in [3.8, 4) is 0 Å². The van der Waals surface area contributed by atoms with Crippen LogP contribution in [-0.2, 0) is 0 Å². The Bertz CT molecular complexity index is 302. The zero-order valence-electron chi connectivity index (χ0n) is 8.27. The van der Waals surface area contributed by atoms with Gasteiger partial charge in [0.05, 0.1) is 0 Å². The molecule has 3 nitrogen and oxygen atoms in total. The van der Waals surface area contributed by atoms with Crippen LogP contribution < -0.4 is 0 Å². The number of nitrogens with zero attached hydrogens (tertiary/aromatic N) is 2. The maximum absolute atomic E-state index is 11.9. The van der Waals surface area contributed by atoms with Crippen molar-refractivity contribution in [2.75, 3.05) is 0 Å². The maximum Gasteiger partial charge on any atom is 0.187 e. The first-order chi connectivity index (χ1) is 6.77. The van der Waals surface area contributed by atoms with Crippen LogP contribution in [0.5, 0.6) is 0 Å². The van der Waals surface area contributed by atoms with Crippen LogP contribution in [0.15, 0.2) is 5.38 Å². The van der Waals surface area contributed by atoms with Crippen LogP contribution in [0.2, 0.25) is 0 Å². The fourth-order valence-electron chi connectivity index (χ4n) is 2.00. The Hall–Kier alpha value is -0.770. The number of hydrogen-bond donors (Lipinski definition) is 0. The van der Waals surface area contributed by atoms with Crippen molar-refractivity contribution in [1.82, 2.24) is 9.59 Å². The molecule has 1 aromatic heterocycles. The molecular weight excluding hydrogens is 196 g/mol. The summed E-state index contributed by atoms with van der Waals surface area (Å²) in [5, 5.41) is 5.58. The summed E-state index contributed by atoms with van der Waals surface area (Å²) in [7, 11) is 0. The number of ketones is 1. The van der Waals surface area contributed by atoms with Crippen LogP contribution >= 0.6 is 11.5 Å². The van der Waals surface area contributed by atoms with E-state index in [2.05, 4.69) is 16.5 Å². The molecule has 0 N–H and O–H groups in total. The maximum atomic E-state index is 11.9. The van der Waals surface area contributed by atoms with E-state index in [1.807, 2.05) is 0 Å². The van der Waals surface area contributed by atoms with Crippen molar-refractivity contribution in [2.45, 2.75) is 32.6 Å². The summed E-state index contributed by atoms with van der Waals surface area (Å²) >= 11 is 1.25. The fraction of sp³-hybridized carbons (Fsp3) is 0.700. The second kappa shape index (κ2) is 4.17. The van der Waals surface area contributed by atoms with Gasteiger partial charge in [-0.25, -0.2) is 0 Å². The fourth-order valence-corrected chi connectivity index (χ4v) is 2.45. The second-order valence-electron chi connectivity index (χ2n) is 4.11. The van der Waals surface area contributed by atoms with E-state index in [9.17, 15) is 4.79 Å². The van der Waals surface area contributed by atoms with Crippen molar-refractivity contribution < 1.29 is 4.79 Å². The van der Waals surface area contributed by atoms with Gasteiger partial charge in [0.1, 0.15) is 5.69 Å². The van der Waals surface area contributed by atoms with Crippen molar-refractivity contribution in [3.05, 3.63) is 11.1 Å². The minimum Gasteiger partial charge on any atom is -0.292 e. The molecule has 1 saturated carbocycles. The third-order valence-corrected chi connectivity index (χ3v) is 3.50. The highest BCUT2D eigenvalue weighted by molar-refractivity contribution is 7.03. The quantitative estimate of drug-likeness (QED) is 0.704. The monoisotopic (exact) mass is 210 g/mol. The number of rotatable bonds is 2. The predicted molar refractivity (Wildman–Crippen MR) is 55.4 cm³/mol. The lowest BCUT2D eigenvalue weighted by molar-refractivity contribution is 0.0870. The first kappa shape index (κ1) is 9.77. The Morgan fingerprint density at radius 1 is 1.43 bits per heavy atom. The Balaban J connectivity index is 1.99. The van der Waals surface area contributed by atoms with Gasteiger partial charge in [-0.15, -0.1) is 5.10 Å². The van der Waals surface area contributed by atoms with Gasteiger partial charge in [-0.2, -0.15) is 0 Å². The molecule has 0 spiro atoms. The highest BCUT2D eigenvalue weighted by Gasteiger charge is 2.26. The first-order valence-corrected chi connectivity index (χ1v) is 5.92. The molecule has 0 radical (unpaired) electrons. The van der Waals surface area contributed by atoms with Gasteiger partial charge >= 0.3 is 0 Å². The molecule has 1 aliphatic rings. The van der Waals surface area contributed by atoms with Gasteiger partial charge in [0.15, 0.2) is 5.78 Å². The van der Waals surface area contributed by atoms with Crippen molar-refractivity contribution >= 4 is 17.3 Å². The van der Waals surface area contributed by atoms with E-state index in [4.69, 9.17) is 0 Å².